The van der Waals surface area contributed by atoms with E-state index in [1.165, 1.54) is 0 Å². The smallest absolute Gasteiger partial charge is 0.138 e. The highest BCUT2D eigenvalue weighted by atomic mass is 35.5. The minimum absolute atomic E-state index is 0.0428. The first kappa shape index (κ1) is 18.2. The van der Waals surface area contributed by atoms with Crippen molar-refractivity contribution in [2.45, 2.75) is 19.4 Å². The van der Waals surface area contributed by atoms with Crippen LogP contribution in [0.2, 0.25) is 5.15 Å². The van der Waals surface area contributed by atoms with Gasteiger partial charge in [0.05, 0.1) is 18.0 Å². The summed E-state index contributed by atoms with van der Waals surface area (Å²) in [6.45, 7) is 2.06. The van der Waals surface area contributed by atoms with Crippen LogP contribution in [-0.4, -0.2) is 21.1 Å². The number of nitrogens with one attached hydrogen (secondary N) is 1. The Labute approximate surface area is 168 Å². The van der Waals surface area contributed by atoms with Crippen molar-refractivity contribution in [3.05, 3.63) is 84.0 Å². The van der Waals surface area contributed by atoms with Crippen molar-refractivity contribution in [1.29, 1.82) is 0 Å². The molecule has 0 spiro atoms. The summed E-state index contributed by atoms with van der Waals surface area (Å²) in [6, 6.07) is 15.6. The molecular weight excluding hydrogens is 372 g/mol. The Balaban J connectivity index is 1.52. The first-order chi connectivity index (χ1) is 13.7. The largest absolute Gasteiger partial charge is 0.490 e. The van der Waals surface area contributed by atoms with Crippen molar-refractivity contribution in [2.75, 3.05) is 5.32 Å². The highest BCUT2D eigenvalue weighted by molar-refractivity contribution is 6.29. The van der Waals surface area contributed by atoms with E-state index in [2.05, 4.69) is 33.3 Å². The Bertz CT molecular complexity index is 1070. The Hall–Kier alpha value is -3.18. The fraction of sp³-hybridized carbons (Fsp3) is 0.136. The molecule has 1 N–H and O–H groups in total. The van der Waals surface area contributed by atoms with E-state index in [1.54, 1.807) is 24.7 Å². The van der Waals surface area contributed by atoms with Gasteiger partial charge in [-0.25, -0.2) is 9.97 Å². The molecule has 1 aromatic carbocycles. The molecule has 1 unspecified atom stereocenters. The lowest BCUT2D eigenvalue weighted by Gasteiger charge is -2.16. The van der Waals surface area contributed by atoms with E-state index < -0.39 is 0 Å². The molecule has 140 valence electrons. The molecule has 0 saturated heterocycles. The van der Waals surface area contributed by atoms with E-state index in [4.69, 9.17) is 16.3 Å². The van der Waals surface area contributed by atoms with Crippen LogP contribution in [-0.2, 0) is 6.42 Å². The van der Waals surface area contributed by atoms with Crippen LogP contribution in [0.4, 0.5) is 11.5 Å². The number of pyridine rings is 3. The van der Waals surface area contributed by atoms with E-state index in [-0.39, 0.29) is 6.10 Å². The maximum Gasteiger partial charge on any atom is 0.138 e. The molecule has 3 aromatic heterocycles. The summed E-state index contributed by atoms with van der Waals surface area (Å²) in [5.74, 6) is 1.59. The summed E-state index contributed by atoms with van der Waals surface area (Å²) in [6.07, 6.45) is 7.95. The first-order valence-corrected chi connectivity index (χ1v) is 9.38. The van der Waals surface area contributed by atoms with Crippen LogP contribution < -0.4 is 10.1 Å². The quantitative estimate of drug-likeness (QED) is 0.445. The Morgan fingerprint density at radius 1 is 1.04 bits per heavy atom. The van der Waals surface area contributed by atoms with Crippen molar-refractivity contribution in [3.8, 4) is 5.75 Å². The molecule has 0 aliphatic rings. The topological polar surface area (TPSA) is 59.9 Å². The molecule has 4 rings (SSSR count). The summed E-state index contributed by atoms with van der Waals surface area (Å²) < 4.78 is 6.10. The van der Waals surface area contributed by atoms with E-state index in [0.29, 0.717) is 5.15 Å². The molecule has 5 nitrogen and oxygen atoms in total. The van der Waals surface area contributed by atoms with Crippen LogP contribution in [0.25, 0.3) is 10.8 Å². The van der Waals surface area contributed by atoms with E-state index in [0.717, 1.165) is 40.0 Å². The third-order valence-corrected chi connectivity index (χ3v) is 4.53. The molecule has 0 bridgehead atoms. The van der Waals surface area contributed by atoms with Gasteiger partial charge in [0.1, 0.15) is 16.7 Å². The molecular formula is C22H19ClN4O. The van der Waals surface area contributed by atoms with Crippen molar-refractivity contribution >= 4 is 33.9 Å². The fourth-order valence-electron chi connectivity index (χ4n) is 3.04. The third-order valence-electron chi connectivity index (χ3n) is 4.31. The van der Waals surface area contributed by atoms with Gasteiger partial charge in [0.25, 0.3) is 0 Å². The molecule has 0 aliphatic heterocycles. The minimum Gasteiger partial charge on any atom is -0.490 e. The Kier molecular flexibility index (Phi) is 5.35. The normalized spacial score (nSPS) is 11.9. The number of benzene rings is 1. The van der Waals surface area contributed by atoms with Gasteiger partial charge in [-0.3, -0.25) is 4.98 Å². The lowest BCUT2D eigenvalue weighted by molar-refractivity contribution is 0.222. The molecule has 1 atom stereocenters. The molecule has 0 amide bonds. The van der Waals surface area contributed by atoms with Crippen molar-refractivity contribution in [2.24, 2.45) is 0 Å². The second-order valence-electron chi connectivity index (χ2n) is 6.53. The van der Waals surface area contributed by atoms with E-state index >= 15 is 0 Å². The van der Waals surface area contributed by atoms with Gasteiger partial charge in [-0.1, -0.05) is 17.7 Å². The average Bonchev–Trinajstić information content (AvgIpc) is 2.70. The zero-order valence-corrected chi connectivity index (χ0v) is 16.1. The minimum atomic E-state index is 0.0428. The highest BCUT2D eigenvalue weighted by Gasteiger charge is 2.09. The van der Waals surface area contributed by atoms with Gasteiger partial charge in [-0.2, -0.15) is 0 Å². The SMILES string of the molecule is CC(Cc1cccnc1)Oc1ccc2c(Nc3ccc(Cl)nc3)nccc2c1. The van der Waals surface area contributed by atoms with Gasteiger partial charge in [0.2, 0.25) is 0 Å². The maximum absolute atomic E-state index is 6.10. The van der Waals surface area contributed by atoms with Crippen LogP contribution in [0.15, 0.2) is 73.3 Å². The zero-order chi connectivity index (χ0) is 19.3. The second-order valence-corrected chi connectivity index (χ2v) is 6.92. The molecule has 0 saturated carbocycles. The van der Waals surface area contributed by atoms with Crippen molar-refractivity contribution < 1.29 is 4.74 Å². The summed E-state index contributed by atoms with van der Waals surface area (Å²) in [7, 11) is 0. The number of aromatic nitrogens is 3. The van der Waals surface area contributed by atoms with Gasteiger partial charge in [-0.15, -0.1) is 0 Å². The molecule has 3 heterocycles. The summed E-state index contributed by atoms with van der Waals surface area (Å²) in [5, 5.41) is 5.80. The second kappa shape index (κ2) is 8.23. The number of hydrogen-bond acceptors (Lipinski definition) is 5. The number of rotatable bonds is 6. The molecule has 28 heavy (non-hydrogen) atoms. The van der Waals surface area contributed by atoms with E-state index in [9.17, 15) is 0 Å². The predicted molar refractivity (Wildman–Crippen MR) is 112 cm³/mol. The number of halogens is 1. The lowest BCUT2D eigenvalue weighted by atomic mass is 10.1. The fourth-order valence-corrected chi connectivity index (χ4v) is 3.15. The van der Waals surface area contributed by atoms with Gasteiger partial charge in [-0.05, 0) is 60.3 Å². The summed E-state index contributed by atoms with van der Waals surface area (Å²) in [4.78, 5) is 12.7. The van der Waals surface area contributed by atoms with Gasteiger partial charge < -0.3 is 10.1 Å². The number of nitrogens with zero attached hydrogens (tertiary/aromatic N) is 3. The van der Waals surface area contributed by atoms with Crippen LogP contribution >= 0.6 is 11.6 Å². The van der Waals surface area contributed by atoms with Gasteiger partial charge in [0, 0.05) is 30.4 Å². The van der Waals surface area contributed by atoms with Crippen LogP contribution in [0.5, 0.6) is 5.75 Å². The Morgan fingerprint density at radius 2 is 1.96 bits per heavy atom. The van der Waals surface area contributed by atoms with Crippen molar-refractivity contribution in [1.82, 2.24) is 15.0 Å². The third kappa shape index (κ3) is 4.38. The zero-order valence-electron chi connectivity index (χ0n) is 15.3. The lowest BCUT2D eigenvalue weighted by Crippen LogP contribution is -2.15. The monoisotopic (exact) mass is 390 g/mol. The molecule has 6 heteroatoms. The predicted octanol–water partition coefficient (Wildman–Crippen LogP) is 5.43. The molecule has 0 aliphatic carbocycles. The van der Waals surface area contributed by atoms with Crippen LogP contribution in [0.1, 0.15) is 12.5 Å². The number of hydrogen-bond donors (Lipinski definition) is 1. The van der Waals surface area contributed by atoms with Gasteiger partial charge in [0.15, 0.2) is 0 Å². The van der Waals surface area contributed by atoms with Gasteiger partial charge >= 0.3 is 0 Å². The highest BCUT2D eigenvalue weighted by Crippen LogP contribution is 2.28. The Morgan fingerprint density at radius 3 is 2.75 bits per heavy atom. The number of fused-ring (bicyclic) bond motifs is 1. The average molecular weight is 391 g/mol. The maximum atomic E-state index is 6.10. The summed E-state index contributed by atoms with van der Waals surface area (Å²) in [5.41, 5.74) is 1.98. The van der Waals surface area contributed by atoms with Crippen LogP contribution in [0, 0.1) is 0 Å². The van der Waals surface area contributed by atoms with Crippen molar-refractivity contribution in [3.63, 3.8) is 0 Å². The van der Waals surface area contributed by atoms with E-state index in [1.807, 2.05) is 42.6 Å². The molecule has 0 fully saturated rings. The molecule has 0 radical (unpaired) electrons. The number of anilines is 2. The molecule has 4 aromatic rings. The summed E-state index contributed by atoms with van der Waals surface area (Å²) >= 11 is 5.85. The first-order valence-electron chi connectivity index (χ1n) is 9.00. The van der Waals surface area contributed by atoms with Crippen LogP contribution in [0.3, 0.4) is 0 Å². The standard InChI is InChI=1S/C22H19ClN4O/c1-15(11-16-3-2-9-24-13-16)28-19-5-6-20-17(12-19)8-10-25-22(20)27-18-4-7-21(23)26-14-18/h2-10,12-15H,11H2,1H3,(H,25,27). The number of ether oxygens (including phenoxy) is 1.